The Morgan fingerprint density at radius 3 is 3.00 bits per heavy atom. The Labute approximate surface area is 178 Å². The Kier molecular flexibility index (Phi) is 5.13. The van der Waals surface area contributed by atoms with Gasteiger partial charge in [0.1, 0.15) is 11.8 Å². The van der Waals surface area contributed by atoms with Gasteiger partial charge in [0.05, 0.1) is 22.9 Å². The molecule has 1 aliphatic heterocycles. The third-order valence-corrected chi connectivity index (χ3v) is 5.99. The van der Waals surface area contributed by atoms with E-state index in [-0.39, 0.29) is 27.6 Å². The number of anilines is 1. The molecule has 1 unspecified atom stereocenters. The highest BCUT2D eigenvalue weighted by Gasteiger charge is 2.38. The van der Waals surface area contributed by atoms with Crippen molar-refractivity contribution < 1.29 is 13.8 Å². The van der Waals surface area contributed by atoms with Crippen LogP contribution in [0.2, 0.25) is 0 Å². The molecule has 0 bridgehead atoms. The van der Waals surface area contributed by atoms with Crippen molar-refractivity contribution in [3.05, 3.63) is 35.8 Å². The number of aliphatic hydroxyl groups is 1. The first-order valence-electron chi connectivity index (χ1n) is 9.93. The SMILES string of the molecule is CC(C)[C@@](C)(O)C1CN(c2nc(-c3[nH]nc4ncccc34)c(C#N)cc2F)CCN1.[HH].[HH].[HH]. The second kappa shape index (κ2) is 7.63. The smallest absolute Gasteiger partial charge is 0.181 e. The van der Waals surface area contributed by atoms with Gasteiger partial charge in [0.2, 0.25) is 0 Å². The Balaban J connectivity index is 0.00000181. The number of nitriles is 1. The van der Waals surface area contributed by atoms with E-state index in [1.165, 1.54) is 6.07 Å². The van der Waals surface area contributed by atoms with Crippen LogP contribution in [0.4, 0.5) is 10.2 Å². The zero-order valence-electron chi connectivity index (χ0n) is 17.1. The number of nitrogens with zero attached hydrogens (tertiary/aromatic N) is 5. The molecule has 3 aromatic heterocycles. The average Bonchev–Trinajstić information content (AvgIpc) is 3.17. The fourth-order valence-corrected chi connectivity index (χ4v) is 3.74. The average molecular weight is 416 g/mol. The first-order chi connectivity index (χ1) is 14.3. The van der Waals surface area contributed by atoms with Gasteiger partial charge < -0.3 is 15.3 Å². The Morgan fingerprint density at radius 2 is 2.27 bits per heavy atom. The van der Waals surface area contributed by atoms with Crippen molar-refractivity contribution in [2.75, 3.05) is 24.5 Å². The molecule has 3 aromatic rings. The lowest BCUT2D eigenvalue weighted by atomic mass is 9.84. The number of hydrogen-bond acceptors (Lipinski definition) is 7. The quantitative estimate of drug-likeness (QED) is 0.600. The van der Waals surface area contributed by atoms with Gasteiger partial charge in [0.15, 0.2) is 17.3 Å². The minimum atomic E-state index is -0.962. The molecule has 4 rings (SSSR count). The lowest BCUT2D eigenvalue weighted by Crippen LogP contribution is -2.62. The molecule has 0 aliphatic carbocycles. The maximum atomic E-state index is 15.0. The number of piperazine rings is 1. The fraction of sp³-hybridized carbons (Fsp3) is 0.429. The molecule has 30 heavy (non-hydrogen) atoms. The molecule has 0 saturated carbocycles. The highest BCUT2D eigenvalue weighted by Crippen LogP contribution is 2.31. The minimum Gasteiger partial charge on any atom is -0.388 e. The van der Waals surface area contributed by atoms with Crippen LogP contribution in [0.3, 0.4) is 0 Å². The number of aromatic nitrogens is 4. The van der Waals surface area contributed by atoms with Gasteiger partial charge in [-0.3, -0.25) is 5.10 Å². The summed E-state index contributed by atoms with van der Waals surface area (Å²) in [6.45, 7) is 7.21. The highest BCUT2D eigenvalue weighted by molar-refractivity contribution is 5.91. The lowest BCUT2D eigenvalue weighted by Gasteiger charge is -2.43. The van der Waals surface area contributed by atoms with Crippen molar-refractivity contribution in [3.63, 3.8) is 0 Å². The molecule has 1 fully saturated rings. The number of fused-ring (bicyclic) bond motifs is 1. The van der Waals surface area contributed by atoms with Gasteiger partial charge in [-0.05, 0) is 31.0 Å². The summed E-state index contributed by atoms with van der Waals surface area (Å²) in [5, 5.41) is 31.5. The zero-order valence-corrected chi connectivity index (χ0v) is 17.1. The van der Waals surface area contributed by atoms with E-state index in [0.29, 0.717) is 42.1 Å². The third kappa shape index (κ3) is 3.38. The van der Waals surface area contributed by atoms with Crippen molar-refractivity contribution in [3.8, 4) is 17.5 Å². The van der Waals surface area contributed by atoms with Crippen molar-refractivity contribution in [2.45, 2.75) is 32.4 Å². The summed E-state index contributed by atoms with van der Waals surface area (Å²) < 4.78 is 15.0. The number of rotatable bonds is 4. The summed E-state index contributed by atoms with van der Waals surface area (Å²) in [5.41, 5.74) is 0.508. The molecule has 0 amide bonds. The number of nitrogens with one attached hydrogen (secondary N) is 2. The topological polar surface area (TPSA) is 114 Å². The number of pyridine rings is 2. The van der Waals surface area contributed by atoms with Crippen molar-refractivity contribution in [2.24, 2.45) is 5.92 Å². The number of halogens is 1. The lowest BCUT2D eigenvalue weighted by molar-refractivity contribution is -0.0232. The molecule has 0 aromatic carbocycles. The highest BCUT2D eigenvalue weighted by atomic mass is 19.1. The molecule has 1 saturated heterocycles. The molecule has 9 heteroatoms. The van der Waals surface area contributed by atoms with Gasteiger partial charge in [-0.2, -0.15) is 10.4 Å². The van der Waals surface area contributed by atoms with Crippen LogP contribution in [0.15, 0.2) is 24.4 Å². The molecule has 0 spiro atoms. The third-order valence-electron chi connectivity index (χ3n) is 5.99. The Morgan fingerprint density at radius 1 is 1.47 bits per heavy atom. The maximum absolute atomic E-state index is 15.0. The first-order valence-corrected chi connectivity index (χ1v) is 9.93. The van der Waals surface area contributed by atoms with E-state index in [0.717, 1.165) is 0 Å². The molecule has 1 aliphatic rings. The second-order valence-electron chi connectivity index (χ2n) is 8.11. The largest absolute Gasteiger partial charge is 0.388 e. The Bertz CT molecular complexity index is 1130. The van der Waals surface area contributed by atoms with Crippen LogP contribution in [0.1, 0.15) is 30.6 Å². The zero-order chi connectivity index (χ0) is 21.5. The van der Waals surface area contributed by atoms with Gasteiger partial charge in [-0.25, -0.2) is 14.4 Å². The molecule has 2 atom stereocenters. The van der Waals surface area contributed by atoms with Gasteiger partial charge in [0, 0.05) is 35.5 Å². The fourth-order valence-electron chi connectivity index (χ4n) is 3.74. The van der Waals surface area contributed by atoms with E-state index < -0.39 is 11.4 Å². The van der Waals surface area contributed by atoms with Gasteiger partial charge >= 0.3 is 0 Å². The molecule has 0 radical (unpaired) electrons. The first kappa shape index (κ1) is 20.2. The van der Waals surface area contributed by atoms with Gasteiger partial charge in [-0.15, -0.1) is 0 Å². The van der Waals surface area contributed by atoms with Crippen LogP contribution in [-0.2, 0) is 0 Å². The minimum absolute atomic E-state index is 0. The molecule has 3 N–H and O–H groups in total. The summed E-state index contributed by atoms with van der Waals surface area (Å²) in [6, 6.07) is 6.58. The Hall–Kier alpha value is -3.09. The number of hydrogen-bond donors (Lipinski definition) is 3. The number of H-pyrrole nitrogens is 1. The van der Waals surface area contributed by atoms with Crippen LogP contribution in [0.25, 0.3) is 22.4 Å². The summed E-state index contributed by atoms with van der Waals surface area (Å²) in [5.74, 6) is -0.392. The molecule has 4 heterocycles. The summed E-state index contributed by atoms with van der Waals surface area (Å²) in [4.78, 5) is 10.5. The van der Waals surface area contributed by atoms with Crippen LogP contribution < -0.4 is 10.2 Å². The van der Waals surface area contributed by atoms with Crippen molar-refractivity contribution in [1.29, 1.82) is 5.26 Å². The summed E-state index contributed by atoms with van der Waals surface area (Å²) in [6.07, 6.45) is 1.63. The predicted molar refractivity (Wildman–Crippen MR) is 118 cm³/mol. The van der Waals surface area contributed by atoms with Crippen LogP contribution >= 0.6 is 0 Å². The normalized spacial score (nSPS) is 19.1. The van der Waals surface area contributed by atoms with Crippen molar-refractivity contribution >= 4 is 16.9 Å². The van der Waals surface area contributed by atoms with E-state index in [4.69, 9.17) is 0 Å². The van der Waals surface area contributed by atoms with Crippen LogP contribution in [0, 0.1) is 23.1 Å². The second-order valence-corrected chi connectivity index (χ2v) is 8.11. The van der Waals surface area contributed by atoms with Crippen LogP contribution in [0.5, 0.6) is 0 Å². The standard InChI is InChI=1S/C21H24FN7O.3H2/c1-12(2)21(3,30)16-11-29(8-7-24-16)20-15(22)9-13(10-23)17(26-20)18-14-5-4-6-25-19(14)28-27-18;;;/h4-6,9,12,16,24,30H,7-8,11H2,1-3H3,(H,25,27,28);3*1H/t16?,21-;;;/m1.../s1. The number of aromatic amines is 1. The van der Waals surface area contributed by atoms with E-state index in [9.17, 15) is 14.8 Å². The van der Waals surface area contributed by atoms with Crippen molar-refractivity contribution in [1.82, 2.24) is 25.5 Å². The van der Waals surface area contributed by atoms with Crippen LogP contribution in [-0.4, -0.2) is 56.5 Å². The summed E-state index contributed by atoms with van der Waals surface area (Å²) in [7, 11) is 0. The molecule has 162 valence electrons. The predicted octanol–water partition coefficient (Wildman–Crippen LogP) is 2.95. The monoisotopic (exact) mass is 415 g/mol. The summed E-state index contributed by atoms with van der Waals surface area (Å²) >= 11 is 0. The molecule has 8 nitrogen and oxygen atoms in total. The molecular formula is C21H30FN7O. The van der Waals surface area contributed by atoms with E-state index in [1.54, 1.807) is 19.2 Å². The van der Waals surface area contributed by atoms with E-state index in [1.807, 2.05) is 30.9 Å². The molecular weight excluding hydrogens is 385 g/mol. The van der Waals surface area contributed by atoms with Gasteiger partial charge in [-0.1, -0.05) is 13.8 Å². The van der Waals surface area contributed by atoms with Gasteiger partial charge in [0.25, 0.3) is 0 Å². The van der Waals surface area contributed by atoms with E-state index in [2.05, 4.69) is 25.5 Å². The maximum Gasteiger partial charge on any atom is 0.181 e. The van der Waals surface area contributed by atoms with E-state index >= 15 is 0 Å².